The van der Waals surface area contributed by atoms with Crippen LogP contribution in [0, 0.1) is 6.92 Å². The fourth-order valence-electron chi connectivity index (χ4n) is 6.71. The van der Waals surface area contributed by atoms with Crippen LogP contribution < -0.4 is 5.19 Å². The van der Waals surface area contributed by atoms with Gasteiger partial charge in [0.2, 0.25) is 0 Å². The van der Waals surface area contributed by atoms with Crippen molar-refractivity contribution in [2.75, 3.05) is 0 Å². The molecule has 204 valence electrons. The summed E-state index contributed by atoms with van der Waals surface area (Å²) < 4.78 is 0. The number of aromatic hydroxyl groups is 1. The number of aryl methyl sites for hydroxylation is 1. The Bertz CT molecular complexity index is 1290. The lowest BCUT2D eigenvalue weighted by Gasteiger charge is -2.40. The van der Waals surface area contributed by atoms with E-state index in [1.807, 2.05) is 0 Å². The lowest BCUT2D eigenvalue weighted by Crippen LogP contribution is -2.53. The zero-order chi connectivity index (χ0) is 28.4. The Morgan fingerprint density at radius 3 is 1.47 bits per heavy atom. The van der Waals surface area contributed by atoms with Crippen LogP contribution in [0.1, 0.15) is 115 Å². The molecule has 4 rings (SSSR count). The fraction of sp³-hybridized carbons (Fsp3) is 0.500. The summed E-state index contributed by atoms with van der Waals surface area (Å²) in [5.74, 6) is 0.549. The van der Waals surface area contributed by atoms with Crippen molar-refractivity contribution in [3.8, 4) is 16.9 Å². The Kier molecular flexibility index (Phi) is 7.10. The van der Waals surface area contributed by atoms with Gasteiger partial charge >= 0.3 is 0 Å². The average molecular weight is 527 g/mol. The van der Waals surface area contributed by atoms with Gasteiger partial charge in [0, 0.05) is 5.54 Å². The van der Waals surface area contributed by atoms with Gasteiger partial charge in [0.05, 0.1) is 0 Å². The van der Waals surface area contributed by atoms with Gasteiger partial charge in [-0.1, -0.05) is 142 Å². The van der Waals surface area contributed by atoms with E-state index in [1.54, 1.807) is 0 Å². The van der Waals surface area contributed by atoms with Gasteiger partial charge in [-0.3, -0.25) is 0 Å². The smallest absolute Gasteiger partial charge is 0.118 e. The number of fused-ring (bicyclic) bond motifs is 3. The van der Waals surface area contributed by atoms with Gasteiger partial charge in [0.25, 0.3) is 0 Å². The maximum atomic E-state index is 12.0. The molecule has 0 radical (unpaired) electrons. The predicted octanol–water partition coefficient (Wildman–Crippen LogP) is 9.64. The summed E-state index contributed by atoms with van der Waals surface area (Å²) in [7, 11) is -2.29. The maximum Gasteiger partial charge on any atom is 0.118 e. The minimum atomic E-state index is -2.29. The largest absolute Gasteiger partial charge is 0.508 e. The van der Waals surface area contributed by atoms with E-state index in [1.165, 1.54) is 44.1 Å². The summed E-state index contributed by atoms with van der Waals surface area (Å²) in [6.07, 6.45) is 0. The van der Waals surface area contributed by atoms with E-state index in [2.05, 4.69) is 132 Å². The van der Waals surface area contributed by atoms with E-state index in [4.69, 9.17) is 0 Å². The number of phenols is 1. The molecule has 1 aliphatic rings. The van der Waals surface area contributed by atoms with Crippen molar-refractivity contribution < 1.29 is 5.11 Å². The molecule has 0 fully saturated rings. The molecule has 0 spiro atoms. The van der Waals surface area contributed by atoms with Crippen molar-refractivity contribution in [2.45, 2.75) is 117 Å². The van der Waals surface area contributed by atoms with Crippen LogP contribution in [0.25, 0.3) is 11.1 Å². The summed E-state index contributed by atoms with van der Waals surface area (Å²) in [5.41, 5.74) is 11.2. The van der Waals surface area contributed by atoms with Crippen LogP contribution in [0.15, 0.2) is 48.5 Å². The lowest BCUT2D eigenvalue weighted by molar-refractivity contribution is 0.450. The van der Waals surface area contributed by atoms with E-state index in [9.17, 15) is 5.11 Å². The number of rotatable bonds is 4. The molecular weight excluding hydrogens is 476 g/mol. The van der Waals surface area contributed by atoms with Crippen LogP contribution in [0.5, 0.6) is 5.75 Å². The third-order valence-corrected chi connectivity index (χ3v) is 14.9. The summed E-state index contributed by atoms with van der Waals surface area (Å²) in [6.45, 7) is 27.5. The molecule has 0 saturated carbocycles. The van der Waals surface area contributed by atoms with E-state index >= 15 is 0 Å². The third-order valence-electron chi connectivity index (χ3n) is 9.16. The van der Waals surface area contributed by atoms with Crippen LogP contribution in [0.2, 0.25) is 12.1 Å². The first-order valence-corrected chi connectivity index (χ1v) is 17.1. The number of hydrogen-bond acceptors (Lipinski definition) is 1. The Morgan fingerprint density at radius 2 is 1.11 bits per heavy atom. The lowest BCUT2D eigenvalue weighted by atomic mass is 9.85. The molecule has 0 saturated heterocycles. The first kappa shape index (κ1) is 28.7. The molecule has 38 heavy (non-hydrogen) atoms. The molecule has 0 bridgehead atoms. The molecule has 1 N–H and O–H groups in total. The molecule has 0 aromatic heterocycles. The summed E-state index contributed by atoms with van der Waals surface area (Å²) >= 11 is 0. The highest BCUT2D eigenvalue weighted by molar-refractivity contribution is 6.94. The standard InChI is InChI=1S/C36H50OSi/c1-13-38(14-2,31-20-23(3)19-30(32(31)37)36(10,11)12)33-28-21-24(34(4,5)6)15-17-26(28)27-18-16-25(22-29(27)33)35(7,8)9/h15-22,33,37H,13-14H2,1-12H3. The predicted molar refractivity (Wildman–Crippen MR) is 169 cm³/mol. The normalized spacial score (nSPS) is 14.5. The van der Waals surface area contributed by atoms with Crippen molar-refractivity contribution in [3.63, 3.8) is 0 Å². The van der Waals surface area contributed by atoms with Gasteiger partial charge in [0.15, 0.2) is 0 Å². The first-order chi connectivity index (χ1) is 17.5. The van der Waals surface area contributed by atoms with Crippen molar-refractivity contribution >= 4 is 13.3 Å². The van der Waals surface area contributed by atoms with Crippen LogP contribution in [0.4, 0.5) is 0 Å². The van der Waals surface area contributed by atoms with Gasteiger partial charge in [-0.15, -0.1) is 0 Å². The minimum Gasteiger partial charge on any atom is -0.508 e. The molecule has 3 aromatic carbocycles. The third kappa shape index (κ3) is 4.68. The second kappa shape index (κ2) is 9.40. The molecule has 0 atom stereocenters. The van der Waals surface area contributed by atoms with Crippen molar-refractivity contribution in [1.82, 2.24) is 0 Å². The van der Waals surface area contributed by atoms with E-state index in [0.29, 0.717) is 11.3 Å². The van der Waals surface area contributed by atoms with Crippen LogP contribution >= 0.6 is 0 Å². The zero-order valence-corrected chi connectivity index (χ0v) is 27.1. The first-order valence-electron chi connectivity index (χ1n) is 14.6. The van der Waals surface area contributed by atoms with Crippen LogP contribution in [-0.4, -0.2) is 13.2 Å². The topological polar surface area (TPSA) is 20.2 Å². The second-order valence-electron chi connectivity index (χ2n) is 14.9. The highest BCUT2D eigenvalue weighted by atomic mass is 28.3. The van der Waals surface area contributed by atoms with Gasteiger partial charge in [-0.2, -0.15) is 0 Å². The summed E-state index contributed by atoms with van der Waals surface area (Å²) in [6, 6.07) is 21.2. The summed E-state index contributed by atoms with van der Waals surface area (Å²) in [4.78, 5) is 0. The number of hydrogen-bond donors (Lipinski definition) is 1. The number of benzene rings is 3. The molecular formula is C36H50OSi. The van der Waals surface area contributed by atoms with Gasteiger partial charge in [-0.05, 0) is 67.3 Å². The van der Waals surface area contributed by atoms with E-state index in [-0.39, 0.29) is 16.2 Å². The number of phenolic OH excluding ortho intramolecular Hbond substituents is 1. The molecule has 0 unspecified atom stereocenters. The second-order valence-corrected chi connectivity index (χ2v) is 19.7. The van der Waals surface area contributed by atoms with Crippen molar-refractivity contribution in [2.24, 2.45) is 0 Å². The molecule has 3 aromatic rings. The molecule has 1 aliphatic carbocycles. The fourth-order valence-corrected chi connectivity index (χ4v) is 11.9. The van der Waals surface area contributed by atoms with E-state index in [0.717, 1.165) is 17.7 Å². The molecule has 0 aliphatic heterocycles. The maximum absolute atomic E-state index is 12.0. The molecule has 1 nitrogen and oxygen atoms in total. The SMILES string of the molecule is CC[Si](CC)(c1cc(C)cc(C(C)(C)C)c1O)C1c2cc(C(C)(C)C)ccc2-c2ccc(C(C)(C)C)cc21. The molecule has 0 amide bonds. The quantitative estimate of drug-likeness (QED) is 0.335. The molecule has 0 heterocycles. The van der Waals surface area contributed by atoms with Crippen LogP contribution in [0.3, 0.4) is 0 Å². The highest BCUT2D eigenvalue weighted by Gasteiger charge is 2.48. The van der Waals surface area contributed by atoms with Gasteiger partial charge in [0.1, 0.15) is 13.8 Å². The van der Waals surface area contributed by atoms with Gasteiger partial charge in [-0.25, -0.2) is 0 Å². The minimum absolute atomic E-state index is 0.0818. The van der Waals surface area contributed by atoms with E-state index < -0.39 is 8.07 Å². The molecule has 2 heteroatoms. The monoisotopic (exact) mass is 526 g/mol. The van der Waals surface area contributed by atoms with Crippen molar-refractivity contribution in [1.29, 1.82) is 0 Å². The Morgan fingerprint density at radius 1 is 0.658 bits per heavy atom. The Labute approximate surface area is 233 Å². The van der Waals surface area contributed by atoms with Crippen LogP contribution in [-0.2, 0) is 16.2 Å². The van der Waals surface area contributed by atoms with Gasteiger partial charge < -0.3 is 5.11 Å². The zero-order valence-electron chi connectivity index (χ0n) is 26.1. The van der Waals surface area contributed by atoms with Crippen molar-refractivity contribution in [3.05, 3.63) is 81.9 Å². The summed E-state index contributed by atoms with van der Waals surface area (Å²) in [5, 5.41) is 13.3. The highest BCUT2D eigenvalue weighted by Crippen LogP contribution is 2.53. The average Bonchev–Trinajstić information content (AvgIpc) is 3.14. The Balaban J connectivity index is 2.12. The Hall–Kier alpha value is -2.32.